The number of allylic oxidation sites excluding steroid dienone is 2. The van der Waals surface area contributed by atoms with Gasteiger partial charge in [0.2, 0.25) is 0 Å². The van der Waals surface area contributed by atoms with Crippen LogP contribution in [0.4, 0.5) is 4.39 Å². The molecule has 0 aromatic heterocycles. The van der Waals surface area contributed by atoms with Crippen molar-refractivity contribution in [3.05, 3.63) is 125 Å². The third-order valence-corrected chi connectivity index (χ3v) is 6.41. The quantitative estimate of drug-likeness (QED) is 0.302. The van der Waals surface area contributed by atoms with Crippen molar-refractivity contribution in [2.75, 3.05) is 0 Å². The summed E-state index contributed by atoms with van der Waals surface area (Å²) in [6, 6.07) is 31.0. The van der Waals surface area contributed by atoms with E-state index in [9.17, 15) is 4.39 Å². The average Bonchev–Trinajstić information content (AvgIpc) is 2.85. The largest absolute Gasteiger partial charge is 0.207 e. The minimum atomic E-state index is -0.200. The second-order valence-electron chi connectivity index (χ2n) is 8.48. The second kappa shape index (κ2) is 9.36. The van der Waals surface area contributed by atoms with E-state index in [0.29, 0.717) is 0 Å². The molecule has 0 saturated heterocycles. The van der Waals surface area contributed by atoms with Crippen molar-refractivity contribution in [2.45, 2.75) is 33.6 Å². The van der Waals surface area contributed by atoms with Crippen molar-refractivity contribution in [1.29, 1.82) is 0 Å². The van der Waals surface area contributed by atoms with Gasteiger partial charge < -0.3 is 0 Å². The number of hydrogen-bond acceptors (Lipinski definition) is 0. The highest BCUT2D eigenvalue weighted by Gasteiger charge is 2.11. The minimum Gasteiger partial charge on any atom is -0.207 e. The molecular formula is C31H29F. The molecular weight excluding hydrogens is 391 g/mol. The third-order valence-electron chi connectivity index (χ3n) is 6.41. The molecule has 0 N–H and O–H groups in total. The first kappa shape index (κ1) is 21.8. The normalized spacial score (nSPS) is 12.6. The van der Waals surface area contributed by atoms with Crippen molar-refractivity contribution in [3.8, 4) is 22.3 Å². The summed E-state index contributed by atoms with van der Waals surface area (Å²) < 4.78 is 13.7. The van der Waals surface area contributed by atoms with Gasteiger partial charge in [-0.3, -0.25) is 0 Å². The van der Waals surface area contributed by atoms with Crippen molar-refractivity contribution in [2.24, 2.45) is 0 Å². The van der Waals surface area contributed by atoms with Gasteiger partial charge >= 0.3 is 0 Å². The highest BCUT2D eigenvalue weighted by Crippen LogP contribution is 2.31. The van der Waals surface area contributed by atoms with E-state index < -0.39 is 0 Å². The minimum absolute atomic E-state index is 0.200. The topological polar surface area (TPSA) is 0 Å². The predicted molar refractivity (Wildman–Crippen MR) is 135 cm³/mol. The van der Waals surface area contributed by atoms with Gasteiger partial charge in [0, 0.05) is 5.92 Å². The van der Waals surface area contributed by atoms with Crippen molar-refractivity contribution in [3.63, 3.8) is 0 Å². The molecule has 0 nitrogen and oxygen atoms in total. The van der Waals surface area contributed by atoms with Crippen LogP contribution in [0.5, 0.6) is 0 Å². The molecule has 0 saturated carbocycles. The Balaban J connectivity index is 1.59. The van der Waals surface area contributed by atoms with E-state index >= 15 is 0 Å². The fourth-order valence-corrected chi connectivity index (χ4v) is 4.13. The molecule has 0 heterocycles. The number of rotatable bonds is 5. The number of halogens is 1. The van der Waals surface area contributed by atoms with Gasteiger partial charge in [-0.2, -0.15) is 0 Å². The lowest BCUT2D eigenvalue weighted by molar-refractivity contribution is 0.628. The summed E-state index contributed by atoms with van der Waals surface area (Å²) in [5, 5.41) is 0. The zero-order valence-corrected chi connectivity index (χ0v) is 19.2. The Bertz CT molecular complexity index is 1240. The van der Waals surface area contributed by atoms with E-state index in [4.69, 9.17) is 0 Å². The van der Waals surface area contributed by atoms with Crippen LogP contribution in [0.15, 0.2) is 97.1 Å². The summed E-state index contributed by atoms with van der Waals surface area (Å²) in [5.74, 6) is 0.0657. The van der Waals surface area contributed by atoms with Crippen molar-refractivity contribution < 1.29 is 4.39 Å². The lowest BCUT2D eigenvalue weighted by Gasteiger charge is -2.15. The standard InChI is InChI=1S/C31H29F/c1-5-21(2)24-10-14-26(15-11-24)29-8-6-7-28(19-29)23(4)25-12-16-27(17-13-25)31-20-30(32)18-9-22(31)3/h5-20,23H,1-4H3/b21-5-. The summed E-state index contributed by atoms with van der Waals surface area (Å²) in [6.45, 7) is 8.46. The zero-order chi connectivity index (χ0) is 22.7. The molecule has 0 fully saturated rings. The number of hydrogen-bond donors (Lipinski definition) is 0. The first-order valence-electron chi connectivity index (χ1n) is 11.2. The van der Waals surface area contributed by atoms with Gasteiger partial charge in [-0.15, -0.1) is 0 Å². The summed E-state index contributed by atoms with van der Waals surface area (Å²) in [7, 11) is 0. The van der Waals surface area contributed by atoms with Gasteiger partial charge in [0.25, 0.3) is 0 Å². The molecule has 0 amide bonds. The van der Waals surface area contributed by atoms with Crippen LogP contribution in [0, 0.1) is 12.7 Å². The monoisotopic (exact) mass is 420 g/mol. The van der Waals surface area contributed by atoms with Crippen LogP contribution >= 0.6 is 0 Å². The van der Waals surface area contributed by atoms with Crippen LogP contribution in [0.1, 0.15) is 48.9 Å². The van der Waals surface area contributed by atoms with E-state index in [1.54, 1.807) is 6.07 Å². The van der Waals surface area contributed by atoms with E-state index in [1.165, 1.54) is 39.5 Å². The lowest BCUT2D eigenvalue weighted by Crippen LogP contribution is -1.97. The van der Waals surface area contributed by atoms with E-state index in [2.05, 4.69) is 99.6 Å². The molecule has 32 heavy (non-hydrogen) atoms. The maximum Gasteiger partial charge on any atom is 0.123 e. The molecule has 0 bridgehead atoms. The predicted octanol–water partition coefficient (Wildman–Crippen LogP) is 9.04. The van der Waals surface area contributed by atoms with Crippen LogP contribution < -0.4 is 0 Å². The fourth-order valence-electron chi connectivity index (χ4n) is 4.13. The molecule has 0 aliphatic carbocycles. The molecule has 1 heteroatoms. The molecule has 160 valence electrons. The maximum atomic E-state index is 13.7. The first-order valence-corrected chi connectivity index (χ1v) is 11.2. The van der Waals surface area contributed by atoms with Gasteiger partial charge in [0.05, 0.1) is 0 Å². The summed E-state index contributed by atoms with van der Waals surface area (Å²) >= 11 is 0. The molecule has 4 aromatic rings. The maximum absolute atomic E-state index is 13.7. The van der Waals surface area contributed by atoms with Crippen LogP contribution in [0.3, 0.4) is 0 Å². The SMILES string of the molecule is C/C=C(/C)c1ccc(-c2cccc(C(C)c3ccc(-c4cc(F)ccc4C)cc3)c2)cc1. The summed E-state index contributed by atoms with van der Waals surface area (Å²) in [4.78, 5) is 0. The van der Waals surface area contributed by atoms with Gasteiger partial charge in [-0.1, -0.05) is 91.9 Å². The van der Waals surface area contributed by atoms with Gasteiger partial charge in [0.1, 0.15) is 5.82 Å². The molecule has 0 spiro atoms. The van der Waals surface area contributed by atoms with Crippen LogP contribution in [0.25, 0.3) is 27.8 Å². The number of benzene rings is 4. The summed E-state index contributed by atoms with van der Waals surface area (Å²) in [5.41, 5.74) is 10.6. The fraction of sp³-hybridized carbons (Fsp3) is 0.161. The van der Waals surface area contributed by atoms with Gasteiger partial charge in [-0.25, -0.2) is 4.39 Å². The lowest BCUT2D eigenvalue weighted by atomic mass is 9.89. The highest BCUT2D eigenvalue weighted by atomic mass is 19.1. The Morgan fingerprint density at radius 3 is 2.12 bits per heavy atom. The molecule has 4 aromatic carbocycles. The molecule has 1 atom stereocenters. The Morgan fingerprint density at radius 1 is 0.750 bits per heavy atom. The van der Waals surface area contributed by atoms with E-state index in [0.717, 1.165) is 16.7 Å². The Kier molecular flexibility index (Phi) is 6.37. The van der Waals surface area contributed by atoms with Crippen LogP contribution in [-0.2, 0) is 0 Å². The smallest absolute Gasteiger partial charge is 0.123 e. The summed E-state index contributed by atoms with van der Waals surface area (Å²) in [6.07, 6.45) is 2.14. The Hall–Kier alpha value is -3.45. The zero-order valence-electron chi connectivity index (χ0n) is 19.2. The molecule has 1 unspecified atom stereocenters. The highest BCUT2D eigenvalue weighted by molar-refractivity contribution is 5.70. The van der Waals surface area contributed by atoms with Crippen LogP contribution in [-0.4, -0.2) is 0 Å². The second-order valence-corrected chi connectivity index (χ2v) is 8.48. The van der Waals surface area contributed by atoms with Gasteiger partial charge in [-0.05, 0) is 83.0 Å². The van der Waals surface area contributed by atoms with E-state index in [-0.39, 0.29) is 11.7 Å². The van der Waals surface area contributed by atoms with E-state index in [1.807, 2.05) is 13.0 Å². The molecule has 0 radical (unpaired) electrons. The Labute approximate surface area is 191 Å². The first-order chi connectivity index (χ1) is 15.5. The third kappa shape index (κ3) is 4.57. The number of aryl methyl sites for hydroxylation is 1. The van der Waals surface area contributed by atoms with Crippen LogP contribution in [0.2, 0.25) is 0 Å². The van der Waals surface area contributed by atoms with Gasteiger partial charge in [0.15, 0.2) is 0 Å². The van der Waals surface area contributed by atoms with Crippen molar-refractivity contribution >= 4 is 5.57 Å². The molecule has 0 aliphatic heterocycles. The molecule has 4 rings (SSSR count). The Morgan fingerprint density at radius 2 is 1.44 bits per heavy atom. The molecule has 0 aliphatic rings. The average molecular weight is 421 g/mol. The van der Waals surface area contributed by atoms with Crippen molar-refractivity contribution in [1.82, 2.24) is 0 Å².